The van der Waals surface area contributed by atoms with Gasteiger partial charge in [-0.3, -0.25) is 9.59 Å². The molecule has 0 aliphatic carbocycles. The lowest BCUT2D eigenvalue weighted by atomic mass is 10.0. The van der Waals surface area contributed by atoms with Gasteiger partial charge in [0.2, 0.25) is 11.8 Å². The molecule has 0 spiro atoms. The molecule has 0 aliphatic rings. The molecule has 0 heterocycles. The number of aryl methyl sites for hydroxylation is 1. The molecule has 0 aromatic heterocycles. The van der Waals surface area contributed by atoms with Crippen LogP contribution in [-0.4, -0.2) is 42.5 Å². The Hall–Kier alpha value is -3.22. The zero-order valence-corrected chi connectivity index (χ0v) is 24.9. The second-order valence-corrected chi connectivity index (χ2v) is 10.2. The number of carbonyl (C=O) groups is 2. The zero-order valence-electron chi connectivity index (χ0n) is 23.4. The van der Waals surface area contributed by atoms with Crippen LogP contribution in [0, 0.1) is 0 Å². The number of amides is 2. The van der Waals surface area contributed by atoms with E-state index in [2.05, 4.69) is 5.32 Å². The smallest absolute Gasteiger partial charge is 0.243 e. The monoisotopic (exact) mass is 584 g/mol. The Morgan fingerprint density at radius 2 is 1.52 bits per heavy atom. The highest BCUT2D eigenvalue weighted by atomic mass is 35.5. The van der Waals surface area contributed by atoms with Gasteiger partial charge in [0.1, 0.15) is 6.04 Å². The molecular formula is C32H38Cl2N2O4. The van der Waals surface area contributed by atoms with Gasteiger partial charge in [-0.2, -0.15) is 0 Å². The maximum Gasteiger partial charge on any atom is 0.243 e. The van der Waals surface area contributed by atoms with Crippen molar-refractivity contribution in [1.29, 1.82) is 0 Å². The van der Waals surface area contributed by atoms with Gasteiger partial charge in [0.05, 0.1) is 13.2 Å². The van der Waals surface area contributed by atoms with Crippen LogP contribution < -0.4 is 14.8 Å². The number of nitrogens with zero attached hydrogens (tertiary/aromatic N) is 1. The summed E-state index contributed by atoms with van der Waals surface area (Å²) in [5.74, 6) is 0.942. The van der Waals surface area contributed by atoms with Gasteiger partial charge in [-0.15, -0.1) is 0 Å². The number of rotatable bonds is 15. The Kier molecular flexibility index (Phi) is 12.6. The third-order valence-electron chi connectivity index (χ3n) is 6.45. The summed E-state index contributed by atoms with van der Waals surface area (Å²) in [5, 5.41) is 3.89. The molecule has 6 nitrogen and oxygen atoms in total. The summed E-state index contributed by atoms with van der Waals surface area (Å²) < 4.78 is 11.4. The predicted octanol–water partition coefficient (Wildman–Crippen LogP) is 6.89. The van der Waals surface area contributed by atoms with Crippen molar-refractivity contribution >= 4 is 35.0 Å². The molecule has 3 aromatic rings. The van der Waals surface area contributed by atoms with E-state index in [0.717, 1.165) is 17.5 Å². The van der Waals surface area contributed by atoms with Crippen LogP contribution in [0.25, 0.3) is 0 Å². The minimum absolute atomic E-state index is 0.113. The van der Waals surface area contributed by atoms with Crippen molar-refractivity contribution in [1.82, 2.24) is 10.2 Å². The number of carbonyl (C=O) groups excluding carboxylic acids is 2. The highest BCUT2D eigenvalue weighted by Gasteiger charge is 2.31. The molecule has 1 atom stereocenters. The molecule has 3 rings (SSSR count). The molecule has 1 N–H and O–H groups in total. The number of hydrogen-bond donors (Lipinski definition) is 1. The standard InChI is InChI=1S/C32H38Cl2N2O4/c1-4-19-35-32(38)28(20-23-11-8-7-9-12-23)36(22-25-26(33)13-10-14-27(25)34)31(37)18-16-24-15-17-29(39-5-2)30(21-24)40-6-3/h7-15,17,21,28H,4-6,16,18-20,22H2,1-3H3,(H,35,38)/t28-/m1/s1. The van der Waals surface area contributed by atoms with Gasteiger partial charge >= 0.3 is 0 Å². The van der Waals surface area contributed by atoms with Crippen LogP contribution in [0.15, 0.2) is 66.7 Å². The third-order valence-corrected chi connectivity index (χ3v) is 7.15. The first-order valence-corrected chi connectivity index (χ1v) is 14.6. The maximum atomic E-state index is 13.9. The normalized spacial score (nSPS) is 11.5. The lowest BCUT2D eigenvalue weighted by Gasteiger charge is -2.32. The van der Waals surface area contributed by atoms with Crippen LogP contribution in [0.5, 0.6) is 11.5 Å². The van der Waals surface area contributed by atoms with Gasteiger partial charge in [-0.25, -0.2) is 0 Å². The molecule has 8 heteroatoms. The van der Waals surface area contributed by atoms with E-state index in [1.54, 1.807) is 23.1 Å². The molecular weight excluding hydrogens is 547 g/mol. The zero-order chi connectivity index (χ0) is 28.9. The highest BCUT2D eigenvalue weighted by Crippen LogP contribution is 2.30. The van der Waals surface area contributed by atoms with Gasteiger partial charge in [0, 0.05) is 41.5 Å². The topological polar surface area (TPSA) is 67.9 Å². The van der Waals surface area contributed by atoms with Gasteiger partial charge < -0.3 is 19.7 Å². The van der Waals surface area contributed by atoms with Crippen LogP contribution in [0.4, 0.5) is 0 Å². The average molecular weight is 586 g/mol. The van der Waals surface area contributed by atoms with Crippen molar-refractivity contribution in [3.8, 4) is 11.5 Å². The summed E-state index contributed by atoms with van der Waals surface area (Å²) in [4.78, 5) is 29.1. The number of halogens is 2. The van der Waals surface area contributed by atoms with Crippen molar-refractivity contribution in [3.05, 3.63) is 93.5 Å². The highest BCUT2D eigenvalue weighted by molar-refractivity contribution is 6.36. The Morgan fingerprint density at radius 3 is 2.17 bits per heavy atom. The van der Waals surface area contributed by atoms with Gasteiger partial charge in [0.25, 0.3) is 0 Å². The summed E-state index contributed by atoms with van der Waals surface area (Å²) in [7, 11) is 0. The van der Waals surface area contributed by atoms with E-state index in [-0.39, 0.29) is 24.8 Å². The quantitative estimate of drug-likeness (QED) is 0.211. The fourth-order valence-corrected chi connectivity index (χ4v) is 4.94. The van der Waals surface area contributed by atoms with Crippen LogP contribution >= 0.6 is 23.2 Å². The molecule has 0 aliphatic heterocycles. The molecule has 2 amide bonds. The SMILES string of the molecule is CCCNC(=O)[C@@H](Cc1ccccc1)N(Cc1c(Cl)cccc1Cl)C(=O)CCc1ccc(OCC)c(OCC)c1. The summed E-state index contributed by atoms with van der Waals surface area (Å²) >= 11 is 13.0. The lowest BCUT2D eigenvalue weighted by molar-refractivity contribution is -0.141. The van der Waals surface area contributed by atoms with Crippen LogP contribution in [0.2, 0.25) is 10.0 Å². The fraction of sp³-hybridized carbons (Fsp3) is 0.375. The molecule has 0 unspecified atom stereocenters. The maximum absolute atomic E-state index is 13.9. The van der Waals surface area contributed by atoms with E-state index in [1.165, 1.54) is 0 Å². The van der Waals surface area contributed by atoms with Crippen molar-refractivity contribution < 1.29 is 19.1 Å². The van der Waals surface area contributed by atoms with E-state index in [4.69, 9.17) is 32.7 Å². The summed E-state index contributed by atoms with van der Waals surface area (Å²) in [6, 6.07) is 19.9. The second-order valence-electron chi connectivity index (χ2n) is 9.37. The summed E-state index contributed by atoms with van der Waals surface area (Å²) in [6.07, 6.45) is 1.80. The Labute approximate surface area is 247 Å². The van der Waals surface area contributed by atoms with E-state index in [1.807, 2.05) is 69.3 Å². The molecule has 0 bridgehead atoms. The van der Waals surface area contributed by atoms with Gasteiger partial charge in [-0.1, -0.05) is 72.6 Å². The Bertz CT molecular complexity index is 1230. The van der Waals surface area contributed by atoms with E-state index >= 15 is 0 Å². The molecule has 0 fully saturated rings. The van der Waals surface area contributed by atoms with Crippen molar-refractivity contribution in [2.24, 2.45) is 0 Å². The van der Waals surface area contributed by atoms with E-state index < -0.39 is 6.04 Å². The summed E-state index contributed by atoms with van der Waals surface area (Å²) in [6.45, 7) is 7.49. The molecule has 40 heavy (non-hydrogen) atoms. The van der Waals surface area contributed by atoms with E-state index in [0.29, 0.717) is 59.7 Å². The van der Waals surface area contributed by atoms with Gasteiger partial charge in [0.15, 0.2) is 11.5 Å². The molecule has 214 valence electrons. The van der Waals surface area contributed by atoms with Crippen LogP contribution in [0.3, 0.4) is 0 Å². The first-order valence-electron chi connectivity index (χ1n) is 13.8. The van der Waals surface area contributed by atoms with E-state index in [9.17, 15) is 9.59 Å². The first-order chi connectivity index (χ1) is 19.4. The Balaban J connectivity index is 1.93. The molecule has 0 saturated heterocycles. The number of hydrogen-bond acceptors (Lipinski definition) is 4. The van der Waals surface area contributed by atoms with Crippen LogP contribution in [-0.2, 0) is 29.0 Å². The molecule has 0 saturated carbocycles. The van der Waals surface area contributed by atoms with Crippen LogP contribution in [0.1, 0.15) is 50.3 Å². The minimum Gasteiger partial charge on any atom is -0.490 e. The minimum atomic E-state index is -0.742. The third kappa shape index (κ3) is 8.90. The number of nitrogens with one attached hydrogen (secondary N) is 1. The van der Waals surface area contributed by atoms with Crippen molar-refractivity contribution in [3.63, 3.8) is 0 Å². The lowest BCUT2D eigenvalue weighted by Crippen LogP contribution is -2.50. The second kappa shape index (κ2) is 16.1. The molecule has 3 aromatic carbocycles. The number of benzene rings is 3. The van der Waals surface area contributed by atoms with Gasteiger partial charge in [-0.05, 0) is 62.1 Å². The molecule has 0 radical (unpaired) electrons. The van der Waals surface area contributed by atoms with Crippen molar-refractivity contribution in [2.75, 3.05) is 19.8 Å². The average Bonchev–Trinajstić information content (AvgIpc) is 2.95. The first kappa shape index (κ1) is 31.3. The van der Waals surface area contributed by atoms with Crippen molar-refractivity contribution in [2.45, 2.75) is 59.0 Å². The fourth-order valence-electron chi connectivity index (χ4n) is 4.42. The Morgan fingerprint density at radius 1 is 0.850 bits per heavy atom. The number of ether oxygens (including phenoxy) is 2. The largest absolute Gasteiger partial charge is 0.490 e. The predicted molar refractivity (Wildman–Crippen MR) is 161 cm³/mol. The summed E-state index contributed by atoms with van der Waals surface area (Å²) in [5.41, 5.74) is 2.50.